The van der Waals surface area contributed by atoms with Crippen LogP contribution in [0.15, 0.2) is 60.7 Å². The Labute approximate surface area is 148 Å². The molecule has 8 heteroatoms. The van der Waals surface area contributed by atoms with E-state index in [0.29, 0.717) is 0 Å². The zero-order valence-corrected chi connectivity index (χ0v) is 13.6. The SMILES string of the molecule is O=C(OCc1ccccc1)c1nnc(C(=O)OCc2ccccc2)nn1. The third kappa shape index (κ3) is 4.67. The fourth-order valence-corrected chi connectivity index (χ4v) is 1.97. The molecule has 0 saturated heterocycles. The van der Waals surface area contributed by atoms with E-state index in [-0.39, 0.29) is 24.9 Å². The number of ether oxygens (including phenoxy) is 2. The van der Waals surface area contributed by atoms with Gasteiger partial charge >= 0.3 is 11.9 Å². The Balaban J connectivity index is 1.53. The molecule has 0 aliphatic rings. The first-order chi connectivity index (χ1) is 12.7. The van der Waals surface area contributed by atoms with Gasteiger partial charge in [-0.1, -0.05) is 60.7 Å². The van der Waals surface area contributed by atoms with Crippen LogP contribution in [0.1, 0.15) is 32.4 Å². The second-order valence-corrected chi connectivity index (χ2v) is 5.17. The van der Waals surface area contributed by atoms with Gasteiger partial charge in [-0.2, -0.15) is 0 Å². The van der Waals surface area contributed by atoms with Crippen LogP contribution in [0.4, 0.5) is 0 Å². The fourth-order valence-electron chi connectivity index (χ4n) is 1.97. The van der Waals surface area contributed by atoms with E-state index >= 15 is 0 Å². The van der Waals surface area contributed by atoms with E-state index in [1.54, 1.807) is 0 Å². The average Bonchev–Trinajstić information content (AvgIpc) is 2.72. The second kappa shape index (κ2) is 8.43. The van der Waals surface area contributed by atoms with Crippen molar-refractivity contribution in [3.05, 3.63) is 83.4 Å². The van der Waals surface area contributed by atoms with Gasteiger partial charge in [-0.3, -0.25) is 0 Å². The van der Waals surface area contributed by atoms with Crippen LogP contribution < -0.4 is 0 Å². The standard InChI is InChI=1S/C18H14N4O4/c23-17(25-11-13-7-3-1-4-8-13)15-19-21-16(22-20-15)18(24)26-12-14-9-5-2-6-10-14/h1-10H,11-12H2. The minimum Gasteiger partial charge on any atom is -0.455 e. The van der Waals surface area contributed by atoms with Crippen LogP contribution in [-0.2, 0) is 22.7 Å². The Morgan fingerprint density at radius 2 is 0.962 bits per heavy atom. The number of carbonyl (C=O) groups is 2. The lowest BCUT2D eigenvalue weighted by atomic mass is 10.2. The predicted molar refractivity (Wildman–Crippen MR) is 88.7 cm³/mol. The molecule has 0 spiro atoms. The van der Waals surface area contributed by atoms with Gasteiger partial charge in [-0.15, -0.1) is 20.4 Å². The van der Waals surface area contributed by atoms with Gasteiger partial charge in [0, 0.05) is 0 Å². The minimum absolute atomic E-state index is 0.0733. The van der Waals surface area contributed by atoms with E-state index in [0.717, 1.165) is 11.1 Å². The van der Waals surface area contributed by atoms with Crippen molar-refractivity contribution in [3.8, 4) is 0 Å². The molecule has 130 valence electrons. The van der Waals surface area contributed by atoms with Crippen molar-refractivity contribution < 1.29 is 19.1 Å². The Bertz CT molecular complexity index is 796. The maximum absolute atomic E-state index is 11.9. The molecule has 0 radical (unpaired) electrons. The lowest BCUT2D eigenvalue weighted by Gasteiger charge is -2.04. The molecule has 0 aliphatic heterocycles. The highest BCUT2D eigenvalue weighted by molar-refractivity contribution is 5.86. The molecule has 1 heterocycles. The van der Waals surface area contributed by atoms with Gasteiger partial charge in [0.1, 0.15) is 13.2 Å². The summed E-state index contributed by atoms with van der Waals surface area (Å²) in [6, 6.07) is 18.3. The summed E-state index contributed by atoms with van der Waals surface area (Å²) in [7, 11) is 0. The Morgan fingerprint density at radius 1 is 0.615 bits per heavy atom. The molecule has 0 atom stereocenters. The smallest absolute Gasteiger partial charge is 0.380 e. The highest BCUT2D eigenvalue weighted by Gasteiger charge is 2.17. The summed E-state index contributed by atoms with van der Waals surface area (Å²) in [4.78, 5) is 23.7. The van der Waals surface area contributed by atoms with Crippen molar-refractivity contribution in [2.75, 3.05) is 0 Å². The Kier molecular flexibility index (Phi) is 5.56. The first-order valence-electron chi connectivity index (χ1n) is 7.72. The number of benzene rings is 2. The summed E-state index contributed by atoms with van der Waals surface area (Å²) >= 11 is 0. The summed E-state index contributed by atoms with van der Waals surface area (Å²) in [5.41, 5.74) is 1.64. The van der Waals surface area contributed by atoms with E-state index < -0.39 is 11.9 Å². The average molecular weight is 350 g/mol. The minimum atomic E-state index is -0.780. The summed E-state index contributed by atoms with van der Waals surface area (Å²) in [6.45, 7) is 0.147. The summed E-state index contributed by atoms with van der Waals surface area (Å²) in [5, 5.41) is 14.3. The molecule has 0 bridgehead atoms. The Morgan fingerprint density at radius 3 is 1.31 bits per heavy atom. The molecule has 0 N–H and O–H groups in total. The van der Waals surface area contributed by atoms with E-state index in [9.17, 15) is 9.59 Å². The highest BCUT2D eigenvalue weighted by atomic mass is 16.5. The molecule has 0 amide bonds. The molecule has 0 unspecified atom stereocenters. The second-order valence-electron chi connectivity index (χ2n) is 5.17. The van der Waals surface area contributed by atoms with Gasteiger partial charge in [0.25, 0.3) is 11.6 Å². The number of esters is 2. The number of hydrogen-bond acceptors (Lipinski definition) is 8. The van der Waals surface area contributed by atoms with Gasteiger partial charge in [0.15, 0.2) is 0 Å². The van der Waals surface area contributed by atoms with Crippen LogP contribution in [0.5, 0.6) is 0 Å². The molecule has 2 aromatic carbocycles. The van der Waals surface area contributed by atoms with Crippen LogP contribution in [0.3, 0.4) is 0 Å². The monoisotopic (exact) mass is 350 g/mol. The number of hydrogen-bond donors (Lipinski definition) is 0. The van der Waals surface area contributed by atoms with Crippen LogP contribution in [-0.4, -0.2) is 32.3 Å². The van der Waals surface area contributed by atoms with Crippen LogP contribution >= 0.6 is 0 Å². The first-order valence-corrected chi connectivity index (χ1v) is 7.72. The molecule has 1 aromatic heterocycles. The van der Waals surface area contributed by atoms with Crippen molar-refractivity contribution in [1.29, 1.82) is 0 Å². The van der Waals surface area contributed by atoms with Crippen LogP contribution in [0.2, 0.25) is 0 Å². The number of nitrogens with zero attached hydrogens (tertiary/aromatic N) is 4. The predicted octanol–water partition coefficient (Wildman–Crippen LogP) is 1.98. The molecule has 26 heavy (non-hydrogen) atoms. The normalized spacial score (nSPS) is 10.2. The lowest BCUT2D eigenvalue weighted by molar-refractivity contribution is 0.0429. The molecular weight excluding hydrogens is 336 g/mol. The molecular formula is C18H14N4O4. The zero-order chi connectivity index (χ0) is 18.2. The number of aromatic nitrogens is 4. The molecule has 3 rings (SSSR count). The summed E-state index contributed by atoms with van der Waals surface area (Å²) in [5.74, 6) is -2.22. The molecule has 0 aliphatic carbocycles. The first kappa shape index (κ1) is 17.2. The maximum Gasteiger partial charge on any atom is 0.380 e. The lowest BCUT2D eigenvalue weighted by Crippen LogP contribution is -2.17. The van der Waals surface area contributed by atoms with Gasteiger partial charge in [0.05, 0.1) is 0 Å². The van der Waals surface area contributed by atoms with E-state index in [2.05, 4.69) is 20.4 Å². The van der Waals surface area contributed by atoms with Gasteiger partial charge in [-0.05, 0) is 11.1 Å². The third-order valence-corrected chi connectivity index (χ3v) is 3.27. The highest BCUT2D eigenvalue weighted by Crippen LogP contribution is 2.04. The molecule has 0 saturated carbocycles. The molecule has 8 nitrogen and oxygen atoms in total. The van der Waals surface area contributed by atoms with Gasteiger partial charge in [0.2, 0.25) is 0 Å². The summed E-state index contributed by atoms with van der Waals surface area (Å²) < 4.78 is 10.1. The third-order valence-electron chi connectivity index (χ3n) is 3.27. The van der Waals surface area contributed by atoms with Crippen LogP contribution in [0, 0.1) is 0 Å². The number of carbonyl (C=O) groups excluding carboxylic acids is 2. The van der Waals surface area contributed by atoms with Crippen molar-refractivity contribution in [1.82, 2.24) is 20.4 Å². The van der Waals surface area contributed by atoms with Gasteiger partial charge in [-0.25, -0.2) is 9.59 Å². The maximum atomic E-state index is 11.9. The van der Waals surface area contributed by atoms with Crippen molar-refractivity contribution >= 4 is 11.9 Å². The molecule has 3 aromatic rings. The Hall–Kier alpha value is -3.68. The quantitative estimate of drug-likeness (QED) is 0.622. The van der Waals surface area contributed by atoms with Crippen LogP contribution in [0.25, 0.3) is 0 Å². The van der Waals surface area contributed by atoms with E-state index in [1.807, 2.05) is 60.7 Å². The van der Waals surface area contributed by atoms with E-state index in [4.69, 9.17) is 9.47 Å². The largest absolute Gasteiger partial charge is 0.455 e. The van der Waals surface area contributed by atoms with E-state index in [1.165, 1.54) is 0 Å². The number of rotatable bonds is 6. The fraction of sp³-hybridized carbons (Fsp3) is 0.111. The topological polar surface area (TPSA) is 104 Å². The molecule has 0 fully saturated rings. The summed E-state index contributed by atoms with van der Waals surface area (Å²) in [6.07, 6.45) is 0. The van der Waals surface area contributed by atoms with Crippen molar-refractivity contribution in [2.45, 2.75) is 13.2 Å². The van der Waals surface area contributed by atoms with Crippen molar-refractivity contribution in [3.63, 3.8) is 0 Å². The van der Waals surface area contributed by atoms with Crippen molar-refractivity contribution in [2.24, 2.45) is 0 Å². The zero-order valence-electron chi connectivity index (χ0n) is 13.6. The van der Waals surface area contributed by atoms with Gasteiger partial charge < -0.3 is 9.47 Å².